The van der Waals surface area contributed by atoms with E-state index in [4.69, 9.17) is 9.47 Å². The summed E-state index contributed by atoms with van der Waals surface area (Å²) in [5, 5.41) is 0. The van der Waals surface area contributed by atoms with Crippen molar-refractivity contribution in [1.29, 1.82) is 0 Å². The summed E-state index contributed by atoms with van der Waals surface area (Å²) >= 11 is 0. The number of ether oxygens (including phenoxy) is 2. The summed E-state index contributed by atoms with van der Waals surface area (Å²) in [6.45, 7) is 2.40. The lowest BCUT2D eigenvalue weighted by Crippen LogP contribution is -2.40. The van der Waals surface area contributed by atoms with Gasteiger partial charge in [0.1, 0.15) is 0 Å². The molecular formula is C26H30N2O4. The first-order valence-corrected chi connectivity index (χ1v) is 11.1. The fraction of sp³-hybridized carbons (Fsp3) is 0.385. The number of likely N-dealkylation sites (tertiary alicyclic amines) is 1. The molecule has 2 amide bonds. The highest BCUT2D eigenvalue weighted by Crippen LogP contribution is 2.29. The van der Waals surface area contributed by atoms with Gasteiger partial charge in [0.25, 0.3) is 0 Å². The van der Waals surface area contributed by atoms with Crippen molar-refractivity contribution in [2.24, 2.45) is 5.92 Å². The van der Waals surface area contributed by atoms with Gasteiger partial charge in [0.05, 0.1) is 20.1 Å². The summed E-state index contributed by atoms with van der Waals surface area (Å²) in [7, 11) is 3.22. The number of hydrogen-bond donors (Lipinski definition) is 0. The molecule has 2 heterocycles. The molecule has 6 heteroatoms. The lowest BCUT2D eigenvalue weighted by molar-refractivity contribution is -0.135. The number of benzene rings is 2. The quantitative estimate of drug-likeness (QED) is 0.670. The van der Waals surface area contributed by atoms with Crippen LogP contribution < -0.4 is 9.47 Å². The van der Waals surface area contributed by atoms with Gasteiger partial charge in [-0.15, -0.1) is 0 Å². The van der Waals surface area contributed by atoms with Crippen molar-refractivity contribution in [3.05, 3.63) is 65.7 Å². The molecule has 0 spiro atoms. The zero-order chi connectivity index (χ0) is 22.5. The number of methoxy groups -OCH3 is 2. The monoisotopic (exact) mass is 434 g/mol. The predicted octanol–water partition coefficient (Wildman–Crippen LogP) is 3.41. The molecule has 2 aliphatic rings. The first kappa shape index (κ1) is 21.9. The van der Waals surface area contributed by atoms with Crippen molar-refractivity contribution >= 4 is 17.4 Å². The zero-order valence-electron chi connectivity index (χ0n) is 18.8. The maximum absolute atomic E-state index is 13.1. The summed E-state index contributed by atoms with van der Waals surface area (Å²) in [6.07, 6.45) is 4.00. The first-order valence-electron chi connectivity index (χ1n) is 11.1. The third-order valence-electron chi connectivity index (χ3n) is 6.35. The lowest BCUT2D eigenvalue weighted by Gasteiger charge is -2.29. The summed E-state index contributed by atoms with van der Waals surface area (Å²) in [5.74, 6) is 1.26. The van der Waals surface area contributed by atoms with E-state index in [1.165, 1.54) is 11.1 Å². The highest BCUT2D eigenvalue weighted by molar-refractivity contribution is 5.89. The highest BCUT2D eigenvalue weighted by Gasteiger charge is 2.36. The molecule has 6 nitrogen and oxygen atoms in total. The van der Waals surface area contributed by atoms with Gasteiger partial charge in [0.15, 0.2) is 11.5 Å². The fourth-order valence-electron chi connectivity index (χ4n) is 4.50. The van der Waals surface area contributed by atoms with Gasteiger partial charge in [-0.1, -0.05) is 42.5 Å². The molecule has 2 aliphatic heterocycles. The molecule has 1 saturated heterocycles. The standard InChI is InChI=1S/C26H30N2O4/c1-31-23-9-8-19(16-24(23)32-2)10-13-28-18-22(17-25(28)29)26(30)27-14-11-21(12-15-27)20-6-4-3-5-7-20/h3-9,11,16,22H,10,12-15,17-18H2,1-2H3. The molecule has 1 unspecified atom stereocenters. The molecule has 0 saturated carbocycles. The van der Waals surface area contributed by atoms with Gasteiger partial charge in [0, 0.05) is 32.6 Å². The van der Waals surface area contributed by atoms with Gasteiger partial charge in [-0.25, -0.2) is 0 Å². The Hall–Kier alpha value is -3.28. The molecule has 0 radical (unpaired) electrons. The van der Waals surface area contributed by atoms with Gasteiger partial charge in [-0.2, -0.15) is 0 Å². The zero-order valence-corrected chi connectivity index (χ0v) is 18.8. The minimum Gasteiger partial charge on any atom is -0.493 e. The SMILES string of the molecule is COc1ccc(CCN2CC(C(=O)N3CC=C(c4ccccc4)CC3)CC2=O)cc1OC. The molecule has 1 atom stereocenters. The van der Waals surface area contributed by atoms with Crippen LogP contribution in [-0.4, -0.2) is 62.0 Å². The van der Waals surface area contributed by atoms with Crippen LogP contribution in [0.15, 0.2) is 54.6 Å². The van der Waals surface area contributed by atoms with Crippen molar-refractivity contribution in [2.45, 2.75) is 19.3 Å². The Morgan fingerprint density at radius 1 is 1.06 bits per heavy atom. The largest absolute Gasteiger partial charge is 0.493 e. The van der Waals surface area contributed by atoms with Crippen LogP contribution in [0.3, 0.4) is 0 Å². The summed E-state index contributed by atoms with van der Waals surface area (Å²) in [4.78, 5) is 29.3. The van der Waals surface area contributed by atoms with E-state index in [1.807, 2.05) is 46.2 Å². The maximum Gasteiger partial charge on any atom is 0.228 e. The predicted molar refractivity (Wildman–Crippen MR) is 124 cm³/mol. The van der Waals surface area contributed by atoms with E-state index in [9.17, 15) is 9.59 Å². The Bertz CT molecular complexity index is 1000. The molecule has 2 aromatic carbocycles. The number of carbonyl (C=O) groups is 2. The molecule has 0 aromatic heterocycles. The third kappa shape index (κ3) is 4.79. The smallest absolute Gasteiger partial charge is 0.228 e. The van der Waals surface area contributed by atoms with Crippen LogP contribution in [0.25, 0.3) is 5.57 Å². The molecule has 0 bridgehead atoms. The molecule has 4 rings (SSSR count). The third-order valence-corrected chi connectivity index (χ3v) is 6.35. The minimum atomic E-state index is -0.250. The molecule has 2 aromatic rings. The van der Waals surface area contributed by atoms with E-state index < -0.39 is 0 Å². The van der Waals surface area contributed by atoms with Crippen molar-refractivity contribution in [1.82, 2.24) is 9.80 Å². The van der Waals surface area contributed by atoms with E-state index in [0.717, 1.165) is 12.0 Å². The van der Waals surface area contributed by atoms with E-state index in [1.54, 1.807) is 14.2 Å². The van der Waals surface area contributed by atoms with E-state index in [-0.39, 0.29) is 17.7 Å². The molecule has 0 N–H and O–H groups in total. The second-order valence-electron chi connectivity index (χ2n) is 8.31. The van der Waals surface area contributed by atoms with Gasteiger partial charge in [-0.3, -0.25) is 9.59 Å². The molecular weight excluding hydrogens is 404 g/mol. The lowest BCUT2D eigenvalue weighted by atomic mass is 9.98. The second-order valence-corrected chi connectivity index (χ2v) is 8.31. The van der Waals surface area contributed by atoms with Crippen LogP contribution in [0.5, 0.6) is 11.5 Å². The van der Waals surface area contributed by atoms with Crippen molar-refractivity contribution < 1.29 is 19.1 Å². The Labute approximate surface area is 189 Å². The van der Waals surface area contributed by atoms with E-state index in [2.05, 4.69) is 18.2 Å². The number of nitrogens with zero attached hydrogens (tertiary/aromatic N) is 2. The summed E-state index contributed by atoms with van der Waals surface area (Å²) in [5.41, 5.74) is 3.57. The summed E-state index contributed by atoms with van der Waals surface area (Å²) in [6, 6.07) is 16.1. The second kappa shape index (κ2) is 9.90. The number of hydrogen-bond acceptors (Lipinski definition) is 4. The van der Waals surface area contributed by atoms with Gasteiger partial charge in [0.2, 0.25) is 11.8 Å². The summed E-state index contributed by atoms with van der Waals surface area (Å²) < 4.78 is 10.6. The topological polar surface area (TPSA) is 59.1 Å². The number of rotatable bonds is 7. The van der Waals surface area contributed by atoms with Crippen LogP contribution >= 0.6 is 0 Å². The maximum atomic E-state index is 13.1. The van der Waals surface area contributed by atoms with Crippen molar-refractivity contribution in [3.63, 3.8) is 0 Å². The highest BCUT2D eigenvalue weighted by atomic mass is 16.5. The van der Waals surface area contributed by atoms with Crippen LogP contribution in [0, 0.1) is 5.92 Å². The van der Waals surface area contributed by atoms with E-state index in [0.29, 0.717) is 50.5 Å². The Balaban J connectivity index is 1.32. The molecule has 168 valence electrons. The van der Waals surface area contributed by atoms with Gasteiger partial charge < -0.3 is 19.3 Å². The molecule has 0 aliphatic carbocycles. The fourth-order valence-corrected chi connectivity index (χ4v) is 4.50. The van der Waals surface area contributed by atoms with Crippen LogP contribution in [0.4, 0.5) is 0 Å². The van der Waals surface area contributed by atoms with Crippen molar-refractivity contribution in [2.75, 3.05) is 40.4 Å². The van der Waals surface area contributed by atoms with Crippen LogP contribution in [0.2, 0.25) is 0 Å². The number of carbonyl (C=O) groups excluding carboxylic acids is 2. The average molecular weight is 435 g/mol. The van der Waals surface area contributed by atoms with Crippen molar-refractivity contribution in [3.8, 4) is 11.5 Å². The van der Waals surface area contributed by atoms with Gasteiger partial charge >= 0.3 is 0 Å². The van der Waals surface area contributed by atoms with E-state index >= 15 is 0 Å². The normalized spacial score (nSPS) is 18.5. The first-order chi connectivity index (χ1) is 15.6. The van der Waals surface area contributed by atoms with Gasteiger partial charge in [-0.05, 0) is 41.7 Å². The molecule has 32 heavy (non-hydrogen) atoms. The average Bonchev–Trinajstić information content (AvgIpc) is 3.23. The number of amides is 2. The van der Waals surface area contributed by atoms with Crippen LogP contribution in [-0.2, 0) is 16.0 Å². The Kier molecular flexibility index (Phi) is 6.78. The molecule has 1 fully saturated rings. The minimum absolute atomic E-state index is 0.0568. The Morgan fingerprint density at radius 2 is 1.84 bits per heavy atom. The van der Waals surface area contributed by atoms with Crippen LogP contribution in [0.1, 0.15) is 24.0 Å². The Morgan fingerprint density at radius 3 is 2.53 bits per heavy atom.